The number of carboxylic acids is 1. The summed E-state index contributed by atoms with van der Waals surface area (Å²) >= 11 is 0. The van der Waals surface area contributed by atoms with Gasteiger partial charge in [-0.3, -0.25) is 9.59 Å². The standard InChI is InChI=1S/C42H69NO7/c1-6-8-10-12-14-16-17-18-19-20-21-22-23-25-27-29-31-33-41(45)50-38(36-48-35-34-39(42(46)47)43(3,4)5)37-49-40(44)32-30-28-26-24-15-13-11-9-7-2/h9,11,15,18-19,21-22,24-25,27-28,30,38-39H,6-8,10,12-14,16-17,20,23,26,29,31-37H2,1-5H3/b11-9+,19-18+,22-21+,24-15+,27-25+,30-28+. The molecule has 0 aromatic carbocycles. The minimum Gasteiger partial charge on any atom is -0.544 e. The molecule has 0 aliphatic rings. The number of ether oxygens (including phenoxy) is 3. The Labute approximate surface area is 304 Å². The van der Waals surface area contributed by atoms with Crippen LogP contribution < -0.4 is 5.11 Å². The van der Waals surface area contributed by atoms with Gasteiger partial charge in [0.1, 0.15) is 12.6 Å². The summed E-state index contributed by atoms with van der Waals surface area (Å²) in [5.41, 5.74) is 0. The second-order valence-corrected chi connectivity index (χ2v) is 13.4. The van der Waals surface area contributed by atoms with Gasteiger partial charge in [-0.2, -0.15) is 0 Å². The number of allylic oxidation sites excluding steroid dienone is 11. The lowest BCUT2D eigenvalue weighted by Crippen LogP contribution is -2.55. The Morgan fingerprint density at radius 1 is 0.640 bits per heavy atom. The first kappa shape index (κ1) is 46.8. The molecular weight excluding hydrogens is 630 g/mol. The number of esters is 2. The van der Waals surface area contributed by atoms with Gasteiger partial charge in [-0.15, -0.1) is 0 Å². The Bertz CT molecular complexity index is 1050. The highest BCUT2D eigenvalue weighted by molar-refractivity contribution is 5.71. The van der Waals surface area contributed by atoms with Gasteiger partial charge in [0.25, 0.3) is 0 Å². The number of hydrogen-bond donors (Lipinski definition) is 0. The first-order valence-electron chi connectivity index (χ1n) is 19.0. The summed E-state index contributed by atoms with van der Waals surface area (Å²) in [4.78, 5) is 36.5. The van der Waals surface area contributed by atoms with E-state index in [0.717, 1.165) is 44.9 Å². The molecule has 0 radical (unpaired) electrons. The van der Waals surface area contributed by atoms with Crippen LogP contribution in [0.4, 0.5) is 0 Å². The molecule has 2 atom stereocenters. The maximum atomic E-state index is 12.6. The molecule has 8 heteroatoms. The van der Waals surface area contributed by atoms with Crippen LogP contribution in [0.2, 0.25) is 0 Å². The Hall–Kier alpha value is -3.23. The van der Waals surface area contributed by atoms with Crippen LogP contribution >= 0.6 is 0 Å². The minimum absolute atomic E-state index is 0.0104. The molecule has 0 amide bonds. The van der Waals surface area contributed by atoms with Crippen LogP contribution in [0.15, 0.2) is 72.9 Å². The van der Waals surface area contributed by atoms with E-state index >= 15 is 0 Å². The quantitative estimate of drug-likeness (QED) is 0.0301. The maximum absolute atomic E-state index is 12.6. The van der Waals surface area contributed by atoms with Crippen LogP contribution in [0.5, 0.6) is 0 Å². The molecule has 2 unspecified atom stereocenters. The van der Waals surface area contributed by atoms with Crippen LogP contribution in [0.25, 0.3) is 0 Å². The van der Waals surface area contributed by atoms with Gasteiger partial charge in [-0.1, -0.05) is 119 Å². The number of aliphatic carboxylic acids is 1. The summed E-state index contributed by atoms with van der Waals surface area (Å²) in [6, 6.07) is -0.747. The molecule has 0 heterocycles. The zero-order valence-corrected chi connectivity index (χ0v) is 32.0. The van der Waals surface area contributed by atoms with E-state index in [2.05, 4.69) is 68.5 Å². The zero-order valence-electron chi connectivity index (χ0n) is 32.0. The van der Waals surface area contributed by atoms with Gasteiger partial charge < -0.3 is 28.6 Å². The van der Waals surface area contributed by atoms with Gasteiger partial charge in [0.2, 0.25) is 0 Å². The highest BCUT2D eigenvalue weighted by Gasteiger charge is 2.25. The predicted octanol–water partition coefficient (Wildman–Crippen LogP) is 8.29. The highest BCUT2D eigenvalue weighted by atomic mass is 16.6. The van der Waals surface area contributed by atoms with E-state index < -0.39 is 30.1 Å². The van der Waals surface area contributed by atoms with Crippen molar-refractivity contribution in [2.75, 3.05) is 41.0 Å². The molecule has 0 bridgehead atoms. The molecule has 0 saturated carbocycles. The SMILES string of the molecule is CC/C=C/C/C=C/C/C=C/CC(=O)OCC(COCCC(C(=O)[O-])[N+](C)(C)C)OC(=O)CCC/C=C/C/C=C/C/C=C/CCCCCCCC. The van der Waals surface area contributed by atoms with Gasteiger partial charge in [-0.05, 0) is 57.8 Å². The van der Waals surface area contributed by atoms with E-state index in [4.69, 9.17) is 14.2 Å². The fourth-order valence-electron chi connectivity index (χ4n) is 4.91. The number of quaternary nitrogens is 1. The Kier molecular flexibility index (Phi) is 30.8. The predicted molar refractivity (Wildman–Crippen MR) is 203 cm³/mol. The normalized spacial score (nSPS) is 13.9. The van der Waals surface area contributed by atoms with Crippen molar-refractivity contribution in [1.29, 1.82) is 0 Å². The van der Waals surface area contributed by atoms with Gasteiger partial charge in [0.05, 0.1) is 46.7 Å². The number of hydrogen-bond acceptors (Lipinski definition) is 7. The second kappa shape index (κ2) is 32.9. The fraction of sp³-hybridized carbons (Fsp3) is 0.643. The number of nitrogens with zero attached hydrogens (tertiary/aromatic N) is 1. The lowest BCUT2D eigenvalue weighted by atomic mass is 10.1. The topological polar surface area (TPSA) is 102 Å². The zero-order chi connectivity index (χ0) is 37.1. The summed E-state index contributed by atoms with van der Waals surface area (Å²) < 4.78 is 16.9. The molecule has 8 nitrogen and oxygen atoms in total. The van der Waals surface area contributed by atoms with Crippen molar-refractivity contribution in [2.24, 2.45) is 0 Å². The van der Waals surface area contributed by atoms with Gasteiger partial charge >= 0.3 is 11.9 Å². The highest BCUT2D eigenvalue weighted by Crippen LogP contribution is 2.10. The van der Waals surface area contributed by atoms with Crippen molar-refractivity contribution >= 4 is 17.9 Å². The summed E-state index contributed by atoms with van der Waals surface area (Å²) in [5, 5.41) is 11.6. The number of rotatable bonds is 32. The van der Waals surface area contributed by atoms with Gasteiger partial charge in [-0.25, -0.2) is 0 Å². The molecule has 0 N–H and O–H groups in total. The molecular formula is C42H69NO7. The van der Waals surface area contributed by atoms with Crippen LogP contribution in [0.3, 0.4) is 0 Å². The molecule has 0 aromatic heterocycles. The molecule has 0 saturated heterocycles. The summed E-state index contributed by atoms with van der Waals surface area (Å²) in [6.07, 6.45) is 39.8. The van der Waals surface area contributed by atoms with E-state index in [9.17, 15) is 19.5 Å². The lowest BCUT2D eigenvalue weighted by molar-refractivity contribution is -0.889. The van der Waals surface area contributed by atoms with Crippen LogP contribution in [-0.4, -0.2) is 75.5 Å². The van der Waals surface area contributed by atoms with Crippen molar-refractivity contribution < 1.29 is 38.2 Å². The number of unbranched alkanes of at least 4 members (excludes halogenated alkanes) is 7. The van der Waals surface area contributed by atoms with Crippen molar-refractivity contribution in [3.8, 4) is 0 Å². The lowest BCUT2D eigenvalue weighted by Gasteiger charge is -2.34. The third-order valence-electron chi connectivity index (χ3n) is 7.86. The Balaban J connectivity index is 4.58. The molecule has 0 spiro atoms. The third kappa shape index (κ3) is 30.8. The Morgan fingerprint density at radius 2 is 1.18 bits per heavy atom. The van der Waals surface area contributed by atoms with Crippen molar-refractivity contribution in [1.82, 2.24) is 0 Å². The number of carbonyl (C=O) groups is 3. The van der Waals surface area contributed by atoms with Crippen molar-refractivity contribution in [3.05, 3.63) is 72.9 Å². The molecule has 0 aliphatic heterocycles. The second-order valence-electron chi connectivity index (χ2n) is 13.4. The maximum Gasteiger partial charge on any atom is 0.309 e. The van der Waals surface area contributed by atoms with Gasteiger partial charge in [0, 0.05) is 12.8 Å². The minimum atomic E-state index is -1.15. The van der Waals surface area contributed by atoms with E-state index in [1.54, 1.807) is 27.2 Å². The summed E-state index contributed by atoms with van der Waals surface area (Å²) in [6.45, 7) is 4.33. The van der Waals surface area contributed by atoms with Gasteiger partial charge in [0.15, 0.2) is 6.10 Å². The number of carboxylic acid groups (broad SMARTS) is 1. The van der Waals surface area contributed by atoms with E-state index in [0.29, 0.717) is 6.42 Å². The third-order valence-corrected chi connectivity index (χ3v) is 7.86. The summed E-state index contributed by atoms with van der Waals surface area (Å²) in [7, 11) is 5.34. The van der Waals surface area contributed by atoms with E-state index in [1.807, 2.05) is 12.2 Å². The molecule has 50 heavy (non-hydrogen) atoms. The van der Waals surface area contributed by atoms with Crippen LogP contribution in [0, 0.1) is 0 Å². The monoisotopic (exact) mass is 700 g/mol. The number of carbonyl (C=O) groups excluding carboxylic acids is 3. The molecule has 284 valence electrons. The Morgan fingerprint density at radius 3 is 1.76 bits per heavy atom. The largest absolute Gasteiger partial charge is 0.544 e. The smallest absolute Gasteiger partial charge is 0.309 e. The first-order chi connectivity index (χ1) is 24.1. The molecule has 0 aliphatic carbocycles. The molecule has 0 fully saturated rings. The molecule has 0 aromatic rings. The average molecular weight is 700 g/mol. The molecule has 0 rings (SSSR count). The first-order valence-corrected chi connectivity index (χ1v) is 19.0. The number of likely N-dealkylation sites (N-methyl/N-ethyl adjacent to an activating group) is 1. The van der Waals surface area contributed by atoms with Crippen molar-refractivity contribution in [2.45, 2.75) is 135 Å². The average Bonchev–Trinajstić information content (AvgIpc) is 3.06. The van der Waals surface area contributed by atoms with Crippen LogP contribution in [0.1, 0.15) is 123 Å². The van der Waals surface area contributed by atoms with Crippen LogP contribution in [-0.2, 0) is 28.6 Å². The summed E-state index contributed by atoms with van der Waals surface area (Å²) in [5.74, 6) is -1.97. The van der Waals surface area contributed by atoms with Crippen molar-refractivity contribution in [3.63, 3.8) is 0 Å². The fourth-order valence-corrected chi connectivity index (χ4v) is 4.91. The van der Waals surface area contributed by atoms with E-state index in [-0.39, 0.29) is 43.6 Å². The van der Waals surface area contributed by atoms with E-state index in [1.165, 1.54) is 38.5 Å².